The molecule has 2 aliphatic rings. The molecule has 0 radical (unpaired) electrons. The van der Waals surface area contributed by atoms with Gasteiger partial charge in [0.05, 0.1) is 29.0 Å². The van der Waals surface area contributed by atoms with E-state index in [-0.39, 0.29) is 36.0 Å². The van der Waals surface area contributed by atoms with Crippen molar-refractivity contribution in [3.8, 4) is 17.2 Å². The number of aliphatic hydroxyl groups is 1. The maximum absolute atomic E-state index is 14.6. The molecule has 0 saturated heterocycles. The van der Waals surface area contributed by atoms with Gasteiger partial charge in [0.15, 0.2) is 5.78 Å². The minimum Gasteiger partial charge on any atom is -0.391 e. The van der Waals surface area contributed by atoms with E-state index in [2.05, 4.69) is 22.9 Å². The number of nitrogens with one attached hydrogen (secondary N) is 1. The van der Waals surface area contributed by atoms with E-state index in [0.717, 1.165) is 36.1 Å². The number of pyridine rings is 1. The monoisotopic (exact) mass is 571 g/mol. The van der Waals surface area contributed by atoms with Crippen molar-refractivity contribution in [2.24, 2.45) is 23.7 Å². The molecular weight excluding hydrogens is 532 g/mol. The Morgan fingerprint density at radius 3 is 2.52 bits per heavy atom. The van der Waals surface area contributed by atoms with Crippen LogP contribution in [0.5, 0.6) is 0 Å². The summed E-state index contributed by atoms with van der Waals surface area (Å²) in [7, 11) is 0. The van der Waals surface area contributed by atoms with Crippen molar-refractivity contribution in [1.29, 1.82) is 5.26 Å². The number of nitrogens with zero attached hydrogens (tertiary/aromatic N) is 2. The third-order valence-corrected chi connectivity index (χ3v) is 8.74. The molecule has 2 N–H and O–H groups in total. The number of Topliss-reactive ketones (excluding diaryl/α,β-unsaturated/α-hetero) is 1. The molecule has 0 spiro atoms. The van der Waals surface area contributed by atoms with Crippen LogP contribution in [0.3, 0.4) is 0 Å². The lowest BCUT2D eigenvalue weighted by Crippen LogP contribution is -2.67. The first-order chi connectivity index (χ1) is 19.0. The number of hydrogen-bond donors (Lipinski definition) is 2. The molecule has 2 saturated carbocycles. The molecule has 8 heteroatoms. The molecule has 40 heavy (non-hydrogen) atoms. The number of aromatic nitrogens is 1. The van der Waals surface area contributed by atoms with Crippen LogP contribution in [0, 0.1) is 35.0 Å². The Labute approximate surface area is 241 Å². The van der Waals surface area contributed by atoms with Gasteiger partial charge in [-0.3, -0.25) is 9.78 Å². The van der Waals surface area contributed by atoms with Gasteiger partial charge in [-0.2, -0.15) is 5.26 Å². The normalized spacial score (nSPS) is 24.7. The van der Waals surface area contributed by atoms with Gasteiger partial charge in [-0.05, 0) is 49.3 Å². The summed E-state index contributed by atoms with van der Waals surface area (Å²) in [4.78, 5) is 17.4. The standard InChI is InChI=1S/C18H30ClF2NO2.C14H10N2/c1-11(2)15-7-12(3)18(20,21)10-17(15,22-9-14(23)8-19)16(24)13-5-4-6-13;1-2-13-8-7-12(10-16-13)14-6-4-3-5-11(14)9-15/h11-15,22-23H,4-10H2,1-3H3;2-8,10H,1H2. The lowest BCUT2D eigenvalue weighted by Gasteiger charge is -2.52. The van der Waals surface area contributed by atoms with Gasteiger partial charge < -0.3 is 10.4 Å². The Morgan fingerprint density at radius 1 is 1.30 bits per heavy atom. The summed E-state index contributed by atoms with van der Waals surface area (Å²) in [5.74, 6) is -3.89. The molecule has 2 aromatic rings. The molecule has 1 aromatic carbocycles. The molecule has 5 nitrogen and oxygen atoms in total. The lowest BCUT2D eigenvalue weighted by atomic mass is 9.58. The number of β-amino-alcohol motifs (C(OH)–C–C–N with tert-alkyl or cyclic N) is 1. The number of halogens is 3. The number of ketones is 1. The van der Waals surface area contributed by atoms with Crippen LogP contribution in [0.25, 0.3) is 17.2 Å². The second kappa shape index (κ2) is 13.8. The van der Waals surface area contributed by atoms with Crippen LogP contribution in [0.4, 0.5) is 8.78 Å². The van der Waals surface area contributed by atoms with Crippen LogP contribution in [0.1, 0.15) is 64.1 Å². The van der Waals surface area contributed by atoms with Gasteiger partial charge in [0, 0.05) is 48.0 Å². The quantitative estimate of drug-likeness (QED) is 0.320. The Morgan fingerprint density at radius 2 is 2.00 bits per heavy atom. The second-order valence-electron chi connectivity index (χ2n) is 11.4. The largest absolute Gasteiger partial charge is 0.391 e. The molecule has 1 heterocycles. The van der Waals surface area contributed by atoms with Crippen molar-refractivity contribution in [3.05, 3.63) is 60.4 Å². The second-order valence-corrected chi connectivity index (χ2v) is 11.7. The van der Waals surface area contributed by atoms with Gasteiger partial charge in [0.1, 0.15) is 0 Å². The van der Waals surface area contributed by atoms with E-state index >= 15 is 0 Å². The maximum atomic E-state index is 14.6. The average molecular weight is 572 g/mol. The van der Waals surface area contributed by atoms with E-state index in [0.29, 0.717) is 12.0 Å². The highest BCUT2D eigenvalue weighted by Gasteiger charge is 2.60. The molecule has 2 fully saturated rings. The minimum atomic E-state index is -2.89. The lowest BCUT2D eigenvalue weighted by molar-refractivity contribution is -0.162. The van der Waals surface area contributed by atoms with E-state index in [1.807, 2.05) is 44.2 Å². The van der Waals surface area contributed by atoms with E-state index in [9.17, 15) is 18.7 Å². The summed E-state index contributed by atoms with van der Waals surface area (Å²) in [5, 5.41) is 21.9. The third kappa shape index (κ3) is 7.15. The van der Waals surface area contributed by atoms with Crippen LogP contribution in [0.15, 0.2) is 49.2 Å². The number of benzene rings is 1. The number of aliphatic hydroxyl groups excluding tert-OH is 1. The SMILES string of the molecule is C=Cc1ccc(-c2ccccc2C#N)cn1.CC(C)C1CC(C)C(F)(F)CC1(NCC(O)CCl)C(=O)C1CCC1. The number of carbonyl (C=O) groups excluding carboxylic acids is 1. The zero-order chi connectivity index (χ0) is 29.5. The van der Waals surface area contributed by atoms with Crippen LogP contribution in [-0.2, 0) is 4.79 Å². The molecule has 1 aromatic heterocycles. The van der Waals surface area contributed by atoms with Crippen molar-refractivity contribution in [2.45, 2.75) is 70.4 Å². The van der Waals surface area contributed by atoms with E-state index in [4.69, 9.17) is 16.9 Å². The molecule has 2 aliphatic carbocycles. The van der Waals surface area contributed by atoms with Crippen molar-refractivity contribution >= 4 is 23.5 Å². The fraction of sp³-hybridized carbons (Fsp3) is 0.531. The van der Waals surface area contributed by atoms with E-state index in [1.54, 1.807) is 25.3 Å². The number of nitriles is 1. The molecule has 216 valence electrons. The molecular formula is C32H40ClF2N3O2. The topological polar surface area (TPSA) is 86.0 Å². The molecule has 0 bridgehead atoms. The fourth-order valence-electron chi connectivity index (χ4n) is 5.73. The fourth-order valence-corrected chi connectivity index (χ4v) is 5.84. The van der Waals surface area contributed by atoms with Crippen LogP contribution >= 0.6 is 11.6 Å². The Bertz CT molecular complexity index is 1190. The predicted molar refractivity (Wildman–Crippen MR) is 156 cm³/mol. The third-order valence-electron chi connectivity index (χ3n) is 8.38. The first-order valence-electron chi connectivity index (χ1n) is 14.0. The summed E-state index contributed by atoms with van der Waals surface area (Å²) in [5.41, 5.74) is 2.09. The maximum Gasteiger partial charge on any atom is 0.252 e. The first-order valence-corrected chi connectivity index (χ1v) is 14.5. The molecule has 4 rings (SSSR count). The number of hydrogen-bond acceptors (Lipinski definition) is 5. The van der Waals surface area contributed by atoms with Crippen molar-refractivity contribution < 1.29 is 18.7 Å². The zero-order valence-corrected chi connectivity index (χ0v) is 24.3. The predicted octanol–water partition coefficient (Wildman–Crippen LogP) is 6.88. The molecule has 4 unspecified atom stereocenters. The Kier molecular flexibility index (Phi) is 11.0. The minimum absolute atomic E-state index is 0.0137. The van der Waals surface area contributed by atoms with Gasteiger partial charge >= 0.3 is 0 Å². The van der Waals surface area contributed by atoms with Gasteiger partial charge in [0.2, 0.25) is 0 Å². The molecule has 4 atom stereocenters. The summed E-state index contributed by atoms with van der Waals surface area (Å²) >= 11 is 5.65. The van der Waals surface area contributed by atoms with Crippen LogP contribution in [-0.4, -0.2) is 45.9 Å². The first kappa shape index (κ1) is 31.9. The molecule has 0 aliphatic heterocycles. The summed E-state index contributed by atoms with van der Waals surface area (Å²) in [6, 6.07) is 13.5. The highest BCUT2D eigenvalue weighted by molar-refractivity contribution is 6.18. The highest BCUT2D eigenvalue weighted by atomic mass is 35.5. The van der Waals surface area contributed by atoms with Gasteiger partial charge in [-0.15, -0.1) is 11.6 Å². The number of rotatable bonds is 9. The highest BCUT2D eigenvalue weighted by Crippen LogP contribution is 2.51. The van der Waals surface area contributed by atoms with Gasteiger partial charge in [-0.25, -0.2) is 8.78 Å². The zero-order valence-electron chi connectivity index (χ0n) is 23.5. The van der Waals surface area contributed by atoms with E-state index < -0.39 is 29.9 Å². The number of carbonyl (C=O) groups is 1. The van der Waals surface area contributed by atoms with Crippen LogP contribution in [0.2, 0.25) is 0 Å². The summed E-state index contributed by atoms with van der Waals surface area (Å²) in [6.45, 7) is 9.27. The Balaban J connectivity index is 0.000000238. The van der Waals surface area contributed by atoms with Crippen LogP contribution < -0.4 is 5.32 Å². The van der Waals surface area contributed by atoms with Crippen molar-refractivity contribution in [1.82, 2.24) is 10.3 Å². The summed E-state index contributed by atoms with van der Waals surface area (Å²) < 4.78 is 29.2. The van der Waals surface area contributed by atoms with Crippen molar-refractivity contribution in [3.63, 3.8) is 0 Å². The van der Waals surface area contributed by atoms with Gasteiger partial charge in [0.25, 0.3) is 5.92 Å². The molecule has 0 amide bonds. The average Bonchev–Trinajstić information content (AvgIpc) is 2.92. The summed E-state index contributed by atoms with van der Waals surface area (Å²) in [6.07, 6.45) is 4.99. The van der Waals surface area contributed by atoms with E-state index in [1.165, 1.54) is 0 Å². The van der Waals surface area contributed by atoms with Gasteiger partial charge in [-0.1, -0.05) is 58.0 Å². The smallest absolute Gasteiger partial charge is 0.252 e. The number of alkyl halides is 3. The van der Waals surface area contributed by atoms with Crippen molar-refractivity contribution in [2.75, 3.05) is 12.4 Å². The Hall–Kier alpha value is -2.66.